The third kappa shape index (κ3) is 5.80. The van der Waals surface area contributed by atoms with Gasteiger partial charge in [0, 0.05) is 32.7 Å². The van der Waals surface area contributed by atoms with Crippen molar-refractivity contribution in [2.75, 3.05) is 20.3 Å². The van der Waals surface area contributed by atoms with Crippen molar-refractivity contribution in [3.05, 3.63) is 35.9 Å². The first-order valence-electron chi connectivity index (χ1n) is 6.30. The van der Waals surface area contributed by atoms with Crippen molar-refractivity contribution in [1.29, 1.82) is 0 Å². The Morgan fingerprint density at radius 1 is 1.39 bits per heavy atom. The van der Waals surface area contributed by atoms with Gasteiger partial charge in [-0.2, -0.15) is 0 Å². The van der Waals surface area contributed by atoms with E-state index in [1.807, 2.05) is 30.3 Å². The van der Waals surface area contributed by atoms with Gasteiger partial charge in [-0.15, -0.1) is 0 Å². The number of ether oxygens (including phenoxy) is 1. The van der Waals surface area contributed by atoms with Crippen LogP contribution in [0.4, 0.5) is 0 Å². The van der Waals surface area contributed by atoms with Gasteiger partial charge in [-0.25, -0.2) is 0 Å². The molecule has 1 rings (SSSR count). The van der Waals surface area contributed by atoms with Gasteiger partial charge in [0.2, 0.25) is 5.91 Å². The van der Waals surface area contributed by atoms with Gasteiger partial charge in [-0.05, 0) is 18.4 Å². The molecular weight excluding hydrogens is 228 g/mol. The third-order valence-electron chi connectivity index (χ3n) is 2.76. The Kier molecular flexibility index (Phi) is 7.06. The lowest BCUT2D eigenvalue weighted by molar-refractivity contribution is -0.121. The second-order valence-electron chi connectivity index (χ2n) is 4.25. The Bertz CT molecular complexity index is 341. The van der Waals surface area contributed by atoms with Crippen molar-refractivity contribution in [3.8, 4) is 0 Å². The minimum absolute atomic E-state index is 0.0227. The highest BCUT2D eigenvalue weighted by molar-refractivity contribution is 5.75. The minimum Gasteiger partial charge on any atom is -0.385 e. The van der Waals surface area contributed by atoms with E-state index in [9.17, 15) is 4.79 Å². The summed E-state index contributed by atoms with van der Waals surface area (Å²) in [5.74, 6) is 0.0623. The monoisotopic (exact) mass is 250 g/mol. The van der Waals surface area contributed by atoms with Gasteiger partial charge in [-0.1, -0.05) is 30.3 Å². The molecule has 0 saturated heterocycles. The highest BCUT2D eigenvalue weighted by Gasteiger charge is 2.06. The van der Waals surface area contributed by atoms with Crippen molar-refractivity contribution in [3.63, 3.8) is 0 Å². The molecule has 0 radical (unpaired) electrons. The second kappa shape index (κ2) is 8.66. The van der Waals surface area contributed by atoms with E-state index in [1.165, 1.54) is 0 Å². The van der Waals surface area contributed by atoms with Crippen LogP contribution >= 0.6 is 0 Å². The summed E-state index contributed by atoms with van der Waals surface area (Å²) in [6.45, 7) is 1.23. The summed E-state index contributed by atoms with van der Waals surface area (Å²) in [4.78, 5) is 11.4. The second-order valence-corrected chi connectivity index (χ2v) is 4.25. The molecule has 1 amide bonds. The SMILES string of the molecule is COCCCC(=O)NCCC(N)c1ccccc1. The average Bonchev–Trinajstić information content (AvgIpc) is 2.40. The zero-order valence-electron chi connectivity index (χ0n) is 10.9. The molecule has 18 heavy (non-hydrogen) atoms. The fourth-order valence-electron chi connectivity index (χ4n) is 1.70. The topological polar surface area (TPSA) is 64.3 Å². The van der Waals surface area contributed by atoms with Crippen molar-refractivity contribution >= 4 is 5.91 Å². The van der Waals surface area contributed by atoms with Gasteiger partial charge in [0.15, 0.2) is 0 Å². The summed E-state index contributed by atoms with van der Waals surface area (Å²) in [6, 6.07) is 9.89. The van der Waals surface area contributed by atoms with E-state index in [-0.39, 0.29) is 11.9 Å². The molecular formula is C14H22N2O2. The third-order valence-corrected chi connectivity index (χ3v) is 2.76. The molecule has 0 aliphatic carbocycles. The Balaban J connectivity index is 2.16. The first-order valence-corrected chi connectivity index (χ1v) is 6.30. The maximum atomic E-state index is 11.4. The molecule has 0 aromatic heterocycles. The van der Waals surface area contributed by atoms with Crippen LogP contribution in [-0.2, 0) is 9.53 Å². The van der Waals surface area contributed by atoms with Crippen molar-refractivity contribution < 1.29 is 9.53 Å². The Hall–Kier alpha value is -1.39. The van der Waals surface area contributed by atoms with Crippen LogP contribution in [0.5, 0.6) is 0 Å². The molecule has 0 bridgehead atoms. The molecule has 1 aromatic rings. The van der Waals surface area contributed by atoms with E-state index >= 15 is 0 Å². The van der Waals surface area contributed by atoms with Gasteiger partial charge in [0.1, 0.15) is 0 Å². The number of carbonyl (C=O) groups excluding carboxylic acids is 1. The average molecular weight is 250 g/mol. The quantitative estimate of drug-likeness (QED) is 0.689. The van der Waals surface area contributed by atoms with Gasteiger partial charge in [-0.3, -0.25) is 4.79 Å². The molecule has 0 aliphatic rings. The fourth-order valence-corrected chi connectivity index (χ4v) is 1.70. The van der Waals surface area contributed by atoms with Gasteiger partial charge in [0.05, 0.1) is 0 Å². The number of hydrogen-bond donors (Lipinski definition) is 2. The fraction of sp³-hybridized carbons (Fsp3) is 0.500. The maximum absolute atomic E-state index is 11.4. The first-order chi connectivity index (χ1) is 8.74. The van der Waals surface area contributed by atoms with E-state index in [2.05, 4.69) is 5.32 Å². The number of carbonyl (C=O) groups is 1. The molecule has 100 valence electrons. The molecule has 1 aromatic carbocycles. The van der Waals surface area contributed by atoms with Gasteiger partial charge >= 0.3 is 0 Å². The zero-order chi connectivity index (χ0) is 13.2. The summed E-state index contributed by atoms with van der Waals surface area (Å²) in [7, 11) is 1.64. The summed E-state index contributed by atoms with van der Waals surface area (Å²) < 4.78 is 4.89. The molecule has 3 N–H and O–H groups in total. The van der Waals surface area contributed by atoms with Crippen LogP contribution in [0.1, 0.15) is 30.9 Å². The molecule has 1 atom stereocenters. The summed E-state index contributed by atoms with van der Waals surface area (Å²) >= 11 is 0. The van der Waals surface area contributed by atoms with Crippen LogP contribution in [-0.4, -0.2) is 26.2 Å². The van der Waals surface area contributed by atoms with Crippen molar-refractivity contribution in [2.45, 2.75) is 25.3 Å². The van der Waals surface area contributed by atoms with E-state index in [4.69, 9.17) is 10.5 Å². The first kappa shape index (κ1) is 14.7. The number of benzene rings is 1. The summed E-state index contributed by atoms with van der Waals surface area (Å²) in [6.07, 6.45) is 2.02. The molecule has 0 aliphatic heterocycles. The van der Waals surface area contributed by atoms with E-state index < -0.39 is 0 Å². The lowest BCUT2D eigenvalue weighted by Crippen LogP contribution is -2.27. The van der Waals surface area contributed by atoms with Crippen LogP contribution in [0, 0.1) is 0 Å². The lowest BCUT2D eigenvalue weighted by atomic mass is 10.1. The van der Waals surface area contributed by atoms with E-state index in [0.29, 0.717) is 19.6 Å². The highest BCUT2D eigenvalue weighted by atomic mass is 16.5. The molecule has 1 unspecified atom stereocenters. The molecule has 0 heterocycles. The van der Waals surface area contributed by atoms with Crippen LogP contribution in [0.15, 0.2) is 30.3 Å². The standard InChI is InChI=1S/C14H22N2O2/c1-18-11-5-8-14(17)16-10-9-13(15)12-6-3-2-4-7-12/h2-4,6-7,13H,5,8-11,15H2,1H3,(H,16,17). The Labute approximate surface area is 109 Å². The van der Waals surface area contributed by atoms with Crippen LogP contribution in [0.25, 0.3) is 0 Å². The lowest BCUT2D eigenvalue weighted by Gasteiger charge is -2.12. The number of methoxy groups -OCH3 is 1. The Morgan fingerprint density at radius 2 is 2.11 bits per heavy atom. The van der Waals surface area contributed by atoms with Crippen LogP contribution in [0.3, 0.4) is 0 Å². The number of rotatable bonds is 8. The minimum atomic E-state index is -0.0227. The van der Waals surface area contributed by atoms with Gasteiger partial charge in [0.25, 0.3) is 0 Å². The summed E-state index contributed by atoms with van der Waals surface area (Å²) in [5, 5.41) is 2.87. The van der Waals surface area contributed by atoms with Gasteiger partial charge < -0.3 is 15.8 Å². The maximum Gasteiger partial charge on any atom is 0.220 e. The molecule has 0 fully saturated rings. The molecule has 4 nitrogen and oxygen atoms in total. The number of nitrogens with one attached hydrogen (secondary N) is 1. The number of hydrogen-bond acceptors (Lipinski definition) is 3. The largest absolute Gasteiger partial charge is 0.385 e. The van der Waals surface area contributed by atoms with E-state index in [0.717, 1.165) is 18.4 Å². The van der Waals surface area contributed by atoms with Crippen LogP contribution in [0.2, 0.25) is 0 Å². The normalized spacial score (nSPS) is 12.1. The zero-order valence-corrected chi connectivity index (χ0v) is 10.9. The predicted octanol–water partition coefficient (Wildman–Crippen LogP) is 1.62. The predicted molar refractivity (Wildman–Crippen MR) is 72.1 cm³/mol. The highest BCUT2D eigenvalue weighted by Crippen LogP contribution is 2.12. The molecule has 4 heteroatoms. The smallest absolute Gasteiger partial charge is 0.220 e. The van der Waals surface area contributed by atoms with Crippen LogP contribution < -0.4 is 11.1 Å². The molecule has 0 spiro atoms. The van der Waals surface area contributed by atoms with Crippen molar-refractivity contribution in [2.24, 2.45) is 5.73 Å². The summed E-state index contributed by atoms with van der Waals surface area (Å²) in [5.41, 5.74) is 7.13. The molecule has 0 saturated carbocycles. The number of nitrogens with two attached hydrogens (primary N) is 1. The van der Waals surface area contributed by atoms with E-state index in [1.54, 1.807) is 7.11 Å². The number of amides is 1. The van der Waals surface area contributed by atoms with Crippen molar-refractivity contribution in [1.82, 2.24) is 5.32 Å². The Morgan fingerprint density at radius 3 is 2.78 bits per heavy atom.